The molecule has 1 aliphatic rings. The second-order valence-corrected chi connectivity index (χ2v) is 4.14. The van der Waals surface area contributed by atoms with Crippen molar-refractivity contribution in [3.8, 4) is 12.3 Å². The lowest BCUT2D eigenvalue weighted by atomic mass is 9.82. The lowest BCUT2D eigenvalue weighted by molar-refractivity contribution is 0.309. The fourth-order valence-electron chi connectivity index (χ4n) is 1.95. The highest BCUT2D eigenvalue weighted by molar-refractivity contribution is 5.50. The Kier molecular flexibility index (Phi) is 2.45. The predicted molar refractivity (Wildman–Crippen MR) is 60.2 cm³/mol. The van der Waals surface area contributed by atoms with E-state index in [1.54, 1.807) is 0 Å². The number of rotatable bonds is 2. The van der Waals surface area contributed by atoms with Crippen molar-refractivity contribution in [2.24, 2.45) is 5.92 Å². The molecule has 14 heavy (non-hydrogen) atoms. The molecular weight excluding hydrogens is 170 g/mol. The molecule has 0 unspecified atom stereocenters. The van der Waals surface area contributed by atoms with E-state index in [9.17, 15) is 0 Å². The van der Waals surface area contributed by atoms with Gasteiger partial charge in [0.15, 0.2) is 0 Å². The maximum atomic E-state index is 5.34. The van der Waals surface area contributed by atoms with E-state index >= 15 is 0 Å². The molecule has 0 aliphatic heterocycles. The number of hydrogen-bond acceptors (Lipinski definition) is 1. The van der Waals surface area contributed by atoms with Crippen molar-refractivity contribution < 1.29 is 0 Å². The van der Waals surface area contributed by atoms with E-state index in [1.165, 1.54) is 12.8 Å². The van der Waals surface area contributed by atoms with Crippen LogP contribution in [-0.4, -0.2) is 6.04 Å². The van der Waals surface area contributed by atoms with Gasteiger partial charge in [-0.2, -0.15) is 0 Å². The van der Waals surface area contributed by atoms with Crippen LogP contribution in [0.2, 0.25) is 0 Å². The molecule has 1 fully saturated rings. The molecule has 0 bridgehead atoms. The third kappa shape index (κ3) is 1.90. The Hall–Kier alpha value is -1.42. The third-order valence-corrected chi connectivity index (χ3v) is 2.77. The van der Waals surface area contributed by atoms with Gasteiger partial charge in [-0.25, -0.2) is 0 Å². The van der Waals surface area contributed by atoms with Crippen molar-refractivity contribution in [3.63, 3.8) is 0 Å². The Morgan fingerprint density at radius 1 is 1.43 bits per heavy atom. The molecule has 0 atom stereocenters. The van der Waals surface area contributed by atoms with Gasteiger partial charge in [0.25, 0.3) is 0 Å². The summed E-state index contributed by atoms with van der Waals surface area (Å²) in [5, 5.41) is 3.49. The molecule has 1 N–H and O–H groups in total. The van der Waals surface area contributed by atoms with Gasteiger partial charge in [0, 0.05) is 17.3 Å². The van der Waals surface area contributed by atoms with Crippen molar-refractivity contribution in [1.29, 1.82) is 0 Å². The minimum absolute atomic E-state index is 0.651. The smallest absolute Gasteiger partial charge is 0.0354 e. The van der Waals surface area contributed by atoms with E-state index in [1.807, 2.05) is 18.2 Å². The summed E-state index contributed by atoms with van der Waals surface area (Å²) in [5.74, 6) is 3.52. The first-order chi connectivity index (χ1) is 6.78. The summed E-state index contributed by atoms with van der Waals surface area (Å²) in [6.45, 7) is 2.29. The minimum Gasteiger partial charge on any atom is -0.382 e. The highest BCUT2D eigenvalue weighted by Crippen LogP contribution is 2.29. The van der Waals surface area contributed by atoms with E-state index in [2.05, 4.69) is 24.2 Å². The minimum atomic E-state index is 0.651. The lowest BCUT2D eigenvalue weighted by Gasteiger charge is -2.34. The first-order valence-corrected chi connectivity index (χ1v) is 5.11. The van der Waals surface area contributed by atoms with Gasteiger partial charge < -0.3 is 5.32 Å². The zero-order valence-electron chi connectivity index (χ0n) is 8.46. The van der Waals surface area contributed by atoms with Gasteiger partial charge in [-0.05, 0) is 37.0 Å². The monoisotopic (exact) mass is 185 g/mol. The molecule has 1 saturated carbocycles. The van der Waals surface area contributed by atoms with Crippen LogP contribution >= 0.6 is 0 Å². The molecular formula is C13H15N. The summed E-state index contributed by atoms with van der Waals surface area (Å²) in [5.41, 5.74) is 2.10. The van der Waals surface area contributed by atoms with E-state index in [4.69, 9.17) is 6.42 Å². The maximum Gasteiger partial charge on any atom is 0.0354 e. The number of hydrogen-bond donors (Lipinski definition) is 1. The van der Waals surface area contributed by atoms with E-state index in [-0.39, 0.29) is 0 Å². The summed E-state index contributed by atoms with van der Waals surface area (Å²) >= 11 is 0. The van der Waals surface area contributed by atoms with Crippen LogP contribution < -0.4 is 5.32 Å². The molecule has 0 radical (unpaired) electrons. The second kappa shape index (κ2) is 3.75. The summed E-state index contributed by atoms with van der Waals surface area (Å²) in [4.78, 5) is 0. The molecule has 0 heterocycles. The molecule has 1 aromatic carbocycles. The topological polar surface area (TPSA) is 12.0 Å². The Morgan fingerprint density at radius 2 is 2.21 bits per heavy atom. The van der Waals surface area contributed by atoms with Crippen molar-refractivity contribution >= 4 is 5.69 Å². The normalized spacial score (nSPS) is 24.9. The Labute approximate surface area is 85.5 Å². The molecule has 1 aromatic rings. The van der Waals surface area contributed by atoms with Crippen LogP contribution in [0.1, 0.15) is 25.3 Å². The predicted octanol–water partition coefficient (Wildman–Crippen LogP) is 2.88. The standard InChI is InChI=1S/C13H15N/c1-3-11-5-4-6-12(9-11)14-13-7-10(2)8-13/h1,4-6,9-10,13-14H,7-8H2,2H3. The maximum absolute atomic E-state index is 5.34. The SMILES string of the molecule is C#Cc1cccc(NC2CC(C)C2)c1. The van der Waals surface area contributed by atoms with Crippen LogP contribution in [0.25, 0.3) is 0 Å². The summed E-state index contributed by atoms with van der Waals surface area (Å²) in [6.07, 6.45) is 7.90. The van der Waals surface area contributed by atoms with Crippen LogP contribution in [0.3, 0.4) is 0 Å². The van der Waals surface area contributed by atoms with E-state index < -0.39 is 0 Å². The van der Waals surface area contributed by atoms with E-state index in [0.717, 1.165) is 17.2 Å². The van der Waals surface area contributed by atoms with Crippen LogP contribution in [0, 0.1) is 18.3 Å². The van der Waals surface area contributed by atoms with Crippen LogP contribution in [0.4, 0.5) is 5.69 Å². The van der Waals surface area contributed by atoms with Gasteiger partial charge in [0.2, 0.25) is 0 Å². The van der Waals surface area contributed by atoms with Gasteiger partial charge in [-0.3, -0.25) is 0 Å². The third-order valence-electron chi connectivity index (χ3n) is 2.77. The number of nitrogens with one attached hydrogen (secondary N) is 1. The molecule has 0 aromatic heterocycles. The Morgan fingerprint density at radius 3 is 2.86 bits per heavy atom. The quantitative estimate of drug-likeness (QED) is 0.699. The number of terminal acetylenes is 1. The Bertz CT molecular complexity index is 356. The number of anilines is 1. The fraction of sp³-hybridized carbons (Fsp3) is 0.385. The lowest BCUT2D eigenvalue weighted by Crippen LogP contribution is -2.33. The largest absolute Gasteiger partial charge is 0.382 e. The highest BCUT2D eigenvalue weighted by atomic mass is 14.9. The highest BCUT2D eigenvalue weighted by Gasteiger charge is 2.24. The van der Waals surface area contributed by atoms with Crippen molar-refractivity contribution in [2.75, 3.05) is 5.32 Å². The summed E-state index contributed by atoms with van der Waals surface area (Å²) in [7, 11) is 0. The van der Waals surface area contributed by atoms with Gasteiger partial charge >= 0.3 is 0 Å². The molecule has 0 spiro atoms. The molecule has 1 heteroatoms. The molecule has 0 saturated heterocycles. The average molecular weight is 185 g/mol. The van der Waals surface area contributed by atoms with Gasteiger partial charge in [0.05, 0.1) is 0 Å². The number of benzene rings is 1. The van der Waals surface area contributed by atoms with E-state index in [0.29, 0.717) is 6.04 Å². The summed E-state index contributed by atoms with van der Waals surface area (Å²) < 4.78 is 0. The summed E-state index contributed by atoms with van der Waals surface area (Å²) in [6, 6.07) is 8.71. The van der Waals surface area contributed by atoms with Crippen LogP contribution in [-0.2, 0) is 0 Å². The van der Waals surface area contributed by atoms with Gasteiger partial charge in [0.1, 0.15) is 0 Å². The zero-order chi connectivity index (χ0) is 9.97. The van der Waals surface area contributed by atoms with Gasteiger partial charge in [-0.1, -0.05) is 18.9 Å². The van der Waals surface area contributed by atoms with Crippen LogP contribution in [0.5, 0.6) is 0 Å². The second-order valence-electron chi connectivity index (χ2n) is 4.14. The average Bonchev–Trinajstić information content (AvgIpc) is 2.16. The molecule has 0 amide bonds. The van der Waals surface area contributed by atoms with Crippen LogP contribution in [0.15, 0.2) is 24.3 Å². The fourth-order valence-corrected chi connectivity index (χ4v) is 1.95. The van der Waals surface area contributed by atoms with Crippen molar-refractivity contribution in [1.82, 2.24) is 0 Å². The van der Waals surface area contributed by atoms with Gasteiger partial charge in [-0.15, -0.1) is 6.42 Å². The molecule has 72 valence electrons. The zero-order valence-corrected chi connectivity index (χ0v) is 8.46. The first kappa shape index (κ1) is 9.15. The van der Waals surface area contributed by atoms with Crippen molar-refractivity contribution in [2.45, 2.75) is 25.8 Å². The Balaban J connectivity index is 2.00. The molecule has 1 nitrogen and oxygen atoms in total. The molecule has 2 rings (SSSR count). The first-order valence-electron chi connectivity index (χ1n) is 5.11. The molecule has 1 aliphatic carbocycles. The van der Waals surface area contributed by atoms with Crippen molar-refractivity contribution in [3.05, 3.63) is 29.8 Å².